The van der Waals surface area contributed by atoms with E-state index in [1.807, 2.05) is 43.2 Å². The molecule has 168 valence electrons. The molecule has 0 unspecified atom stereocenters. The van der Waals surface area contributed by atoms with Crippen LogP contribution in [0.4, 0.5) is 11.4 Å². The van der Waals surface area contributed by atoms with Gasteiger partial charge in [0.05, 0.1) is 17.8 Å². The van der Waals surface area contributed by atoms with E-state index in [1.54, 1.807) is 12.7 Å². The average Bonchev–Trinajstić information content (AvgIpc) is 3.52. The van der Waals surface area contributed by atoms with Gasteiger partial charge in [-0.2, -0.15) is 0 Å². The van der Waals surface area contributed by atoms with E-state index in [9.17, 15) is 0 Å². The first-order valence-electron chi connectivity index (χ1n) is 10.8. The zero-order valence-electron chi connectivity index (χ0n) is 19.0. The predicted octanol–water partition coefficient (Wildman–Crippen LogP) is 3.65. The molecule has 1 aliphatic heterocycles. The molecule has 3 aromatic heterocycles. The van der Waals surface area contributed by atoms with E-state index < -0.39 is 0 Å². The second-order valence-corrected chi connectivity index (χ2v) is 8.77. The Bertz CT molecular complexity index is 1260. The van der Waals surface area contributed by atoms with Crippen molar-refractivity contribution in [3.05, 3.63) is 90.0 Å². The minimum absolute atomic E-state index is 0.0750. The van der Waals surface area contributed by atoms with Crippen molar-refractivity contribution >= 4 is 28.7 Å². The van der Waals surface area contributed by atoms with Crippen LogP contribution in [-0.2, 0) is 0 Å². The van der Waals surface area contributed by atoms with Crippen molar-refractivity contribution in [1.82, 2.24) is 29.9 Å². The zero-order valence-corrected chi connectivity index (χ0v) is 19.9. The lowest BCUT2D eigenvalue weighted by atomic mass is 9.96. The van der Waals surface area contributed by atoms with Crippen LogP contribution in [0.3, 0.4) is 0 Å². The summed E-state index contributed by atoms with van der Waals surface area (Å²) in [4.78, 5) is 8.95. The third-order valence-corrected chi connectivity index (χ3v) is 6.45. The molecule has 0 spiro atoms. The quantitative estimate of drug-likeness (QED) is 0.458. The summed E-state index contributed by atoms with van der Waals surface area (Å²) in [6.45, 7) is 4.20. The fourth-order valence-corrected chi connectivity index (χ4v) is 4.94. The van der Waals surface area contributed by atoms with Crippen molar-refractivity contribution in [2.45, 2.75) is 25.9 Å². The van der Waals surface area contributed by atoms with E-state index in [2.05, 4.69) is 79.2 Å². The minimum atomic E-state index is -0.0953. The van der Waals surface area contributed by atoms with Gasteiger partial charge in [0.1, 0.15) is 12.7 Å². The number of aryl methyl sites for hydroxylation is 1. The zero-order chi connectivity index (χ0) is 23.1. The maximum absolute atomic E-state index is 5.87. The highest BCUT2D eigenvalue weighted by Crippen LogP contribution is 2.43. The Morgan fingerprint density at radius 3 is 2.36 bits per heavy atom. The third kappa shape index (κ3) is 3.64. The van der Waals surface area contributed by atoms with E-state index in [-0.39, 0.29) is 12.1 Å². The molecule has 9 heteroatoms. The van der Waals surface area contributed by atoms with Crippen LogP contribution in [0.2, 0.25) is 0 Å². The van der Waals surface area contributed by atoms with Crippen LogP contribution >= 0.6 is 12.2 Å². The molecule has 4 aromatic rings. The first kappa shape index (κ1) is 21.1. The van der Waals surface area contributed by atoms with Gasteiger partial charge in [0.25, 0.3) is 0 Å². The normalized spacial score (nSPS) is 17.9. The van der Waals surface area contributed by atoms with Gasteiger partial charge in [-0.15, -0.1) is 10.2 Å². The predicted molar refractivity (Wildman–Crippen MR) is 133 cm³/mol. The molecule has 0 saturated carbocycles. The number of nitrogens with one attached hydrogen (secondary N) is 1. The molecule has 4 heterocycles. The summed E-state index contributed by atoms with van der Waals surface area (Å²) in [5, 5.41) is 12.2. The summed E-state index contributed by atoms with van der Waals surface area (Å²) < 4.78 is 4.00. The van der Waals surface area contributed by atoms with Crippen molar-refractivity contribution in [2.24, 2.45) is 0 Å². The summed E-state index contributed by atoms with van der Waals surface area (Å²) in [6.07, 6.45) is 5.23. The number of hydrogen-bond acceptors (Lipinski definition) is 5. The second kappa shape index (κ2) is 8.32. The molecule has 0 aliphatic carbocycles. The molecule has 1 fully saturated rings. The van der Waals surface area contributed by atoms with Gasteiger partial charge in [0, 0.05) is 48.6 Å². The summed E-state index contributed by atoms with van der Waals surface area (Å²) in [5.41, 5.74) is 6.48. The van der Waals surface area contributed by atoms with E-state index in [0.29, 0.717) is 5.11 Å². The number of benzene rings is 1. The standard InChI is InChI=1S/C24H26N8S/c1-16-13-20(17(2)32(16)30-14-26-27-15-30)23-22(21-7-5-6-12-25-21)28-24(33)31(23)19-10-8-18(9-11-19)29(3)4/h5-15,22-23H,1-4H3,(H,28,33)/t22-,23+/m1/s1. The lowest BCUT2D eigenvalue weighted by Gasteiger charge is -2.28. The molecule has 1 aromatic carbocycles. The first-order valence-corrected chi connectivity index (χ1v) is 11.2. The van der Waals surface area contributed by atoms with Crippen molar-refractivity contribution in [3.63, 3.8) is 0 Å². The van der Waals surface area contributed by atoms with Gasteiger partial charge in [-0.3, -0.25) is 9.66 Å². The van der Waals surface area contributed by atoms with Crippen LogP contribution in [0.1, 0.15) is 34.7 Å². The van der Waals surface area contributed by atoms with Crippen molar-refractivity contribution in [2.75, 3.05) is 23.9 Å². The van der Waals surface area contributed by atoms with Gasteiger partial charge in [-0.25, -0.2) is 4.68 Å². The van der Waals surface area contributed by atoms with Crippen LogP contribution in [0.25, 0.3) is 0 Å². The van der Waals surface area contributed by atoms with Gasteiger partial charge >= 0.3 is 0 Å². The van der Waals surface area contributed by atoms with Gasteiger partial charge in [0.15, 0.2) is 5.11 Å². The number of pyridine rings is 1. The Morgan fingerprint density at radius 1 is 1.00 bits per heavy atom. The van der Waals surface area contributed by atoms with Gasteiger partial charge in [0.2, 0.25) is 0 Å². The summed E-state index contributed by atoms with van der Waals surface area (Å²) in [5.74, 6) is 0. The fourth-order valence-electron chi connectivity index (χ4n) is 4.59. The van der Waals surface area contributed by atoms with Crippen molar-refractivity contribution in [3.8, 4) is 0 Å². The number of thiocarbonyl (C=S) groups is 1. The molecule has 2 atom stereocenters. The average molecular weight is 459 g/mol. The van der Waals surface area contributed by atoms with Crippen LogP contribution in [0, 0.1) is 13.8 Å². The number of hydrogen-bond donors (Lipinski definition) is 1. The SMILES string of the molecule is Cc1cc([C@H]2[C@@H](c3ccccn3)NC(=S)N2c2ccc(N(C)C)cc2)c(C)n1-n1cnnc1. The lowest BCUT2D eigenvalue weighted by molar-refractivity contribution is 0.557. The Labute approximate surface area is 198 Å². The van der Waals surface area contributed by atoms with Crippen LogP contribution in [-0.4, -0.2) is 43.7 Å². The van der Waals surface area contributed by atoms with Crippen LogP contribution in [0.5, 0.6) is 0 Å². The van der Waals surface area contributed by atoms with E-state index >= 15 is 0 Å². The molecule has 33 heavy (non-hydrogen) atoms. The highest BCUT2D eigenvalue weighted by Gasteiger charge is 2.42. The molecule has 1 N–H and O–H groups in total. The highest BCUT2D eigenvalue weighted by atomic mass is 32.1. The maximum atomic E-state index is 5.87. The highest BCUT2D eigenvalue weighted by molar-refractivity contribution is 7.80. The lowest BCUT2D eigenvalue weighted by Crippen LogP contribution is -2.29. The van der Waals surface area contributed by atoms with Crippen LogP contribution < -0.4 is 15.1 Å². The topological polar surface area (TPSA) is 67.0 Å². The summed E-state index contributed by atoms with van der Waals surface area (Å²) >= 11 is 5.87. The molecule has 1 aliphatic rings. The smallest absolute Gasteiger partial charge is 0.174 e. The van der Waals surface area contributed by atoms with Crippen molar-refractivity contribution in [1.29, 1.82) is 0 Å². The second-order valence-electron chi connectivity index (χ2n) is 8.39. The first-order chi connectivity index (χ1) is 16.0. The molecule has 8 nitrogen and oxygen atoms in total. The number of nitrogens with zero attached hydrogens (tertiary/aromatic N) is 7. The Balaban J connectivity index is 1.65. The molecule has 0 bridgehead atoms. The maximum Gasteiger partial charge on any atom is 0.174 e. The molecule has 1 saturated heterocycles. The van der Waals surface area contributed by atoms with Crippen molar-refractivity contribution < 1.29 is 0 Å². The Hall–Kier alpha value is -3.72. The fraction of sp³-hybridized carbons (Fsp3) is 0.250. The number of aromatic nitrogens is 5. The molecular formula is C24H26N8S. The van der Waals surface area contributed by atoms with E-state index in [1.165, 1.54) is 5.56 Å². The monoisotopic (exact) mass is 458 g/mol. The van der Waals surface area contributed by atoms with E-state index in [0.717, 1.165) is 28.5 Å². The Kier molecular flexibility index (Phi) is 5.33. The van der Waals surface area contributed by atoms with Gasteiger partial charge in [-0.1, -0.05) is 6.07 Å². The molecule has 5 rings (SSSR count). The van der Waals surface area contributed by atoms with Gasteiger partial charge < -0.3 is 15.1 Å². The summed E-state index contributed by atoms with van der Waals surface area (Å²) in [7, 11) is 4.08. The minimum Gasteiger partial charge on any atom is -0.378 e. The van der Waals surface area contributed by atoms with Gasteiger partial charge in [-0.05, 0) is 68.5 Å². The largest absolute Gasteiger partial charge is 0.378 e. The third-order valence-electron chi connectivity index (χ3n) is 6.13. The molecular weight excluding hydrogens is 432 g/mol. The van der Waals surface area contributed by atoms with Crippen LogP contribution in [0.15, 0.2) is 67.4 Å². The number of rotatable bonds is 5. The molecule has 0 amide bonds. The summed E-state index contributed by atoms with van der Waals surface area (Å²) in [6, 6.07) is 16.5. The Morgan fingerprint density at radius 2 is 1.73 bits per heavy atom. The number of anilines is 2. The van der Waals surface area contributed by atoms with E-state index in [4.69, 9.17) is 12.2 Å². The molecule has 0 radical (unpaired) electrons.